The number of methoxy groups -OCH3 is 1. The van der Waals surface area contributed by atoms with Crippen molar-refractivity contribution in [2.45, 2.75) is 19.4 Å². The summed E-state index contributed by atoms with van der Waals surface area (Å²) in [7, 11) is 1.51. The van der Waals surface area contributed by atoms with Crippen molar-refractivity contribution in [1.82, 2.24) is 0 Å². The van der Waals surface area contributed by atoms with Crippen LogP contribution in [0.4, 0.5) is 0 Å². The van der Waals surface area contributed by atoms with Crippen LogP contribution in [0, 0.1) is 6.92 Å². The molecule has 0 aromatic heterocycles. The molecule has 2 N–H and O–H groups in total. The van der Waals surface area contributed by atoms with Crippen LogP contribution in [0.2, 0.25) is 0 Å². The number of hydrogen-bond acceptors (Lipinski definition) is 3. The number of carboxylic acids is 1. The first kappa shape index (κ1) is 20.2. The highest BCUT2D eigenvalue weighted by atomic mass is 16.5. The Kier molecular flexibility index (Phi) is 6.74. The fourth-order valence-corrected chi connectivity index (χ4v) is 2.51. The highest BCUT2D eigenvalue weighted by molar-refractivity contribution is 5.80. The molecule has 0 radical (unpaired) electrons. The summed E-state index contributed by atoms with van der Waals surface area (Å²) < 4.78 is 5.31. The van der Waals surface area contributed by atoms with E-state index in [0.717, 1.165) is 11.1 Å². The van der Waals surface area contributed by atoms with Crippen LogP contribution < -0.4 is 4.74 Å². The first-order valence-electron chi connectivity index (χ1n) is 8.57. The van der Waals surface area contributed by atoms with Gasteiger partial charge in [0.15, 0.2) is 5.60 Å². The lowest BCUT2D eigenvalue weighted by Gasteiger charge is -2.20. The largest absolute Gasteiger partial charge is 0.496 e. The maximum Gasteiger partial charge on any atom is 0.340 e. The van der Waals surface area contributed by atoms with Gasteiger partial charge in [0.05, 0.1) is 7.11 Å². The first-order chi connectivity index (χ1) is 12.9. The van der Waals surface area contributed by atoms with Crippen molar-refractivity contribution in [1.29, 1.82) is 0 Å². The number of benzene rings is 3. The third-order valence-corrected chi connectivity index (χ3v) is 4.21. The molecule has 3 rings (SSSR count). The van der Waals surface area contributed by atoms with Crippen molar-refractivity contribution in [3.05, 3.63) is 90.0 Å². The van der Waals surface area contributed by atoms with Gasteiger partial charge in [-0.05, 0) is 31.0 Å². The molecule has 1 unspecified atom stereocenters. The molecule has 0 spiro atoms. The lowest BCUT2D eigenvalue weighted by molar-refractivity contribution is -0.157. The van der Waals surface area contributed by atoms with Crippen LogP contribution in [0.3, 0.4) is 0 Å². The number of carboxylic acid groups (broad SMARTS) is 1. The summed E-state index contributed by atoms with van der Waals surface area (Å²) in [6, 6.07) is 24.8. The van der Waals surface area contributed by atoms with E-state index in [2.05, 4.69) is 19.1 Å². The molecule has 140 valence electrons. The molecule has 1 atom stereocenters. The maximum atomic E-state index is 11.1. The zero-order chi connectivity index (χ0) is 19.9. The monoisotopic (exact) mass is 364 g/mol. The molecular formula is C23H24O4. The Balaban J connectivity index is 0.000000313. The van der Waals surface area contributed by atoms with Gasteiger partial charge in [-0.15, -0.1) is 0 Å². The SMILES string of the molecule is COc1cc(C(C)(O)C(=O)O)ccc1-c1ccccc1.Cc1ccccc1. The normalized spacial score (nSPS) is 12.3. The summed E-state index contributed by atoms with van der Waals surface area (Å²) in [5.74, 6) is -0.776. The van der Waals surface area contributed by atoms with E-state index in [1.165, 1.54) is 19.6 Å². The third kappa shape index (κ3) is 5.19. The van der Waals surface area contributed by atoms with Gasteiger partial charge in [0.2, 0.25) is 0 Å². The molecular weight excluding hydrogens is 340 g/mol. The molecule has 0 bridgehead atoms. The molecule has 0 aliphatic heterocycles. The minimum atomic E-state index is -1.94. The van der Waals surface area contributed by atoms with Gasteiger partial charge in [-0.3, -0.25) is 0 Å². The Hall–Kier alpha value is -3.11. The van der Waals surface area contributed by atoms with E-state index in [0.29, 0.717) is 5.75 Å². The number of aryl methyl sites for hydroxylation is 1. The van der Waals surface area contributed by atoms with E-state index in [1.807, 2.05) is 48.5 Å². The quantitative estimate of drug-likeness (QED) is 0.707. The second-order valence-electron chi connectivity index (χ2n) is 6.31. The van der Waals surface area contributed by atoms with Gasteiger partial charge < -0.3 is 14.9 Å². The Bertz CT molecular complexity index is 871. The molecule has 0 amide bonds. The number of aliphatic carboxylic acids is 1. The number of hydrogen-bond donors (Lipinski definition) is 2. The Morgan fingerprint density at radius 3 is 1.93 bits per heavy atom. The zero-order valence-corrected chi connectivity index (χ0v) is 15.7. The van der Waals surface area contributed by atoms with Crippen molar-refractivity contribution in [2.24, 2.45) is 0 Å². The van der Waals surface area contributed by atoms with Crippen LogP contribution in [0.5, 0.6) is 5.75 Å². The van der Waals surface area contributed by atoms with E-state index in [4.69, 9.17) is 9.84 Å². The predicted molar refractivity (Wildman–Crippen MR) is 107 cm³/mol. The van der Waals surface area contributed by atoms with Crippen molar-refractivity contribution in [3.8, 4) is 16.9 Å². The van der Waals surface area contributed by atoms with E-state index in [9.17, 15) is 9.90 Å². The number of ether oxygens (including phenoxy) is 1. The van der Waals surface area contributed by atoms with E-state index >= 15 is 0 Å². The Labute approximate surface area is 159 Å². The summed E-state index contributed by atoms with van der Waals surface area (Å²) >= 11 is 0. The minimum absolute atomic E-state index is 0.279. The standard InChI is InChI=1S/C16H16O4.C7H8/c1-16(19,15(17)18)12-8-9-13(14(10-12)20-2)11-6-4-3-5-7-11;1-7-5-3-2-4-6-7/h3-10,19H,1-2H3,(H,17,18);2-6H,1H3. The second-order valence-corrected chi connectivity index (χ2v) is 6.31. The summed E-state index contributed by atoms with van der Waals surface area (Å²) in [5, 5.41) is 19.0. The van der Waals surface area contributed by atoms with Gasteiger partial charge in [-0.2, -0.15) is 0 Å². The topological polar surface area (TPSA) is 66.8 Å². The van der Waals surface area contributed by atoms with Crippen LogP contribution in [0.15, 0.2) is 78.9 Å². The van der Waals surface area contributed by atoms with E-state index in [1.54, 1.807) is 18.2 Å². The van der Waals surface area contributed by atoms with Crippen LogP contribution in [0.1, 0.15) is 18.1 Å². The molecule has 27 heavy (non-hydrogen) atoms. The van der Waals surface area contributed by atoms with Crippen molar-refractivity contribution >= 4 is 5.97 Å². The van der Waals surface area contributed by atoms with E-state index < -0.39 is 11.6 Å². The summed E-state index contributed by atoms with van der Waals surface area (Å²) in [6.07, 6.45) is 0. The highest BCUT2D eigenvalue weighted by Gasteiger charge is 2.32. The minimum Gasteiger partial charge on any atom is -0.496 e. The molecule has 3 aromatic carbocycles. The molecule has 0 heterocycles. The van der Waals surface area contributed by atoms with Gasteiger partial charge in [-0.1, -0.05) is 78.4 Å². The number of rotatable bonds is 4. The second kappa shape index (κ2) is 9.01. The Morgan fingerprint density at radius 1 is 0.926 bits per heavy atom. The molecule has 0 saturated carbocycles. The zero-order valence-electron chi connectivity index (χ0n) is 15.7. The van der Waals surface area contributed by atoms with Crippen LogP contribution in [-0.4, -0.2) is 23.3 Å². The average Bonchev–Trinajstić information content (AvgIpc) is 2.69. The maximum absolute atomic E-state index is 11.1. The lowest BCUT2D eigenvalue weighted by Crippen LogP contribution is -2.31. The molecule has 0 saturated heterocycles. The molecule has 4 heteroatoms. The predicted octanol–water partition coefficient (Wildman–Crippen LogP) is 4.65. The lowest BCUT2D eigenvalue weighted by atomic mass is 9.93. The number of aliphatic hydroxyl groups is 1. The van der Waals surface area contributed by atoms with Gasteiger partial charge in [-0.25, -0.2) is 4.79 Å². The third-order valence-electron chi connectivity index (χ3n) is 4.21. The van der Waals surface area contributed by atoms with Crippen LogP contribution in [0.25, 0.3) is 11.1 Å². The van der Waals surface area contributed by atoms with Crippen molar-refractivity contribution in [2.75, 3.05) is 7.11 Å². The van der Waals surface area contributed by atoms with Crippen molar-refractivity contribution < 1.29 is 19.7 Å². The van der Waals surface area contributed by atoms with E-state index in [-0.39, 0.29) is 5.56 Å². The summed E-state index contributed by atoms with van der Waals surface area (Å²) in [5.41, 5.74) is 1.47. The highest BCUT2D eigenvalue weighted by Crippen LogP contribution is 2.34. The first-order valence-corrected chi connectivity index (χ1v) is 8.57. The molecule has 3 aromatic rings. The molecule has 4 nitrogen and oxygen atoms in total. The fourth-order valence-electron chi connectivity index (χ4n) is 2.51. The van der Waals surface area contributed by atoms with Gasteiger partial charge in [0.25, 0.3) is 0 Å². The smallest absolute Gasteiger partial charge is 0.340 e. The van der Waals surface area contributed by atoms with Gasteiger partial charge in [0, 0.05) is 5.56 Å². The summed E-state index contributed by atoms with van der Waals surface area (Å²) in [4.78, 5) is 11.1. The van der Waals surface area contributed by atoms with Crippen LogP contribution >= 0.6 is 0 Å². The molecule has 0 aliphatic carbocycles. The molecule has 0 aliphatic rings. The number of carbonyl (C=O) groups is 1. The van der Waals surface area contributed by atoms with Crippen LogP contribution in [-0.2, 0) is 10.4 Å². The molecule has 0 fully saturated rings. The Morgan fingerprint density at radius 2 is 1.48 bits per heavy atom. The van der Waals surface area contributed by atoms with Crippen molar-refractivity contribution in [3.63, 3.8) is 0 Å². The average molecular weight is 364 g/mol. The summed E-state index contributed by atoms with van der Waals surface area (Å²) in [6.45, 7) is 3.33. The van der Waals surface area contributed by atoms with Gasteiger partial charge >= 0.3 is 5.97 Å². The van der Waals surface area contributed by atoms with Gasteiger partial charge in [0.1, 0.15) is 5.75 Å². The fraction of sp³-hybridized carbons (Fsp3) is 0.174.